The fourth-order valence-electron chi connectivity index (χ4n) is 1.90. The van der Waals surface area contributed by atoms with E-state index in [1.807, 2.05) is 18.2 Å². The van der Waals surface area contributed by atoms with Gasteiger partial charge in [0.15, 0.2) is 0 Å². The SMILES string of the molecule is CC(C)NCc1cccn1Cc1cccc(Cl)c1. The Bertz CT molecular complexity index is 503. The van der Waals surface area contributed by atoms with E-state index in [9.17, 15) is 0 Å². The van der Waals surface area contributed by atoms with Crippen molar-refractivity contribution in [2.45, 2.75) is 33.0 Å². The molecule has 0 aliphatic carbocycles. The Hall–Kier alpha value is -1.25. The van der Waals surface area contributed by atoms with Gasteiger partial charge in [-0.3, -0.25) is 0 Å². The van der Waals surface area contributed by atoms with Gasteiger partial charge in [0, 0.05) is 36.0 Å². The number of nitrogens with zero attached hydrogens (tertiary/aromatic N) is 1. The third-order valence-electron chi connectivity index (χ3n) is 2.86. The van der Waals surface area contributed by atoms with Crippen molar-refractivity contribution >= 4 is 11.6 Å². The van der Waals surface area contributed by atoms with E-state index < -0.39 is 0 Å². The van der Waals surface area contributed by atoms with Crippen LogP contribution in [0.4, 0.5) is 0 Å². The van der Waals surface area contributed by atoms with Crippen molar-refractivity contribution in [1.29, 1.82) is 0 Å². The lowest BCUT2D eigenvalue weighted by Gasteiger charge is -2.12. The average Bonchev–Trinajstić information content (AvgIpc) is 2.74. The number of benzene rings is 1. The van der Waals surface area contributed by atoms with Gasteiger partial charge in [0.2, 0.25) is 0 Å². The van der Waals surface area contributed by atoms with Crippen molar-refractivity contribution in [2.24, 2.45) is 0 Å². The molecule has 18 heavy (non-hydrogen) atoms. The predicted molar refractivity (Wildman–Crippen MR) is 77.0 cm³/mol. The summed E-state index contributed by atoms with van der Waals surface area (Å²) >= 11 is 6.01. The number of halogens is 1. The van der Waals surface area contributed by atoms with Gasteiger partial charge in [-0.05, 0) is 29.8 Å². The average molecular weight is 263 g/mol. The second kappa shape index (κ2) is 6.07. The van der Waals surface area contributed by atoms with Crippen molar-refractivity contribution in [3.63, 3.8) is 0 Å². The number of nitrogens with one attached hydrogen (secondary N) is 1. The van der Waals surface area contributed by atoms with Gasteiger partial charge >= 0.3 is 0 Å². The fraction of sp³-hybridized carbons (Fsp3) is 0.333. The quantitative estimate of drug-likeness (QED) is 0.870. The Labute approximate surface area is 114 Å². The number of aromatic nitrogens is 1. The molecule has 1 heterocycles. The summed E-state index contributed by atoms with van der Waals surface area (Å²) in [6.07, 6.45) is 2.11. The van der Waals surface area contributed by atoms with Crippen LogP contribution in [-0.4, -0.2) is 10.6 Å². The Morgan fingerprint density at radius 3 is 2.78 bits per heavy atom. The van der Waals surface area contributed by atoms with Crippen LogP contribution in [0, 0.1) is 0 Å². The number of hydrogen-bond donors (Lipinski definition) is 1. The van der Waals surface area contributed by atoms with Gasteiger partial charge in [-0.2, -0.15) is 0 Å². The molecule has 0 saturated heterocycles. The Morgan fingerprint density at radius 2 is 2.06 bits per heavy atom. The summed E-state index contributed by atoms with van der Waals surface area (Å²) in [5, 5.41) is 4.23. The van der Waals surface area contributed by atoms with Crippen LogP contribution in [0.5, 0.6) is 0 Å². The molecule has 3 heteroatoms. The van der Waals surface area contributed by atoms with Crippen LogP contribution in [0.25, 0.3) is 0 Å². The van der Waals surface area contributed by atoms with Crippen LogP contribution in [0.3, 0.4) is 0 Å². The predicted octanol–water partition coefficient (Wildman–Crippen LogP) is 3.69. The van der Waals surface area contributed by atoms with E-state index >= 15 is 0 Å². The zero-order chi connectivity index (χ0) is 13.0. The molecule has 0 saturated carbocycles. The molecule has 2 rings (SSSR count). The first kappa shape index (κ1) is 13.2. The molecular weight excluding hydrogens is 244 g/mol. The molecule has 0 aliphatic rings. The minimum absolute atomic E-state index is 0.500. The molecule has 2 aromatic rings. The van der Waals surface area contributed by atoms with E-state index in [1.165, 1.54) is 11.3 Å². The van der Waals surface area contributed by atoms with Crippen molar-refractivity contribution in [3.8, 4) is 0 Å². The van der Waals surface area contributed by atoms with Crippen LogP contribution < -0.4 is 5.32 Å². The molecule has 0 unspecified atom stereocenters. The monoisotopic (exact) mass is 262 g/mol. The topological polar surface area (TPSA) is 17.0 Å². The molecule has 0 bridgehead atoms. The van der Waals surface area contributed by atoms with Gasteiger partial charge < -0.3 is 9.88 Å². The molecule has 1 aromatic carbocycles. The Kier molecular flexibility index (Phi) is 4.45. The Morgan fingerprint density at radius 1 is 1.22 bits per heavy atom. The van der Waals surface area contributed by atoms with Gasteiger partial charge in [0.05, 0.1) is 0 Å². The largest absolute Gasteiger partial charge is 0.346 e. The van der Waals surface area contributed by atoms with Gasteiger partial charge in [0.25, 0.3) is 0 Å². The minimum atomic E-state index is 0.500. The summed E-state index contributed by atoms with van der Waals surface area (Å²) in [7, 11) is 0. The first-order chi connectivity index (χ1) is 8.65. The van der Waals surface area contributed by atoms with E-state index in [4.69, 9.17) is 11.6 Å². The molecule has 0 aliphatic heterocycles. The van der Waals surface area contributed by atoms with Crippen LogP contribution in [-0.2, 0) is 13.1 Å². The zero-order valence-corrected chi connectivity index (χ0v) is 11.6. The number of hydrogen-bond acceptors (Lipinski definition) is 1. The smallest absolute Gasteiger partial charge is 0.0473 e. The molecule has 96 valence electrons. The van der Waals surface area contributed by atoms with E-state index in [2.05, 4.69) is 48.1 Å². The first-order valence-electron chi connectivity index (χ1n) is 6.27. The lowest BCUT2D eigenvalue weighted by atomic mass is 10.2. The van der Waals surface area contributed by atoms with E-state index in [0.29, 0.717) is 6.04 Å². The van der Waals surface area contributed by atoms with Crippen LogP contribution in [0.2, 0.25) is 5.02 Å². The maximum atomic E-state index is 6.01. The first-order valence-corrected chi connectivity index (χ1v) is 6.65. The van der Waals surface area contributed by atoms with Crippen molar-refractivity contribution in [1.82, 2.24) is 9.88 Å². The lowest BCUT2D eigenvalue weighted by molar-refractivity contribution is 0.564. The maximum Gasteiger partial charge on any atom is 0.0473 e. The molecule has 0 fully saturated rings. The molecule has 0 atom stereocenters. The summed E-state index contributed by atoms with van der Waals surface area (Å²) < 4.78 is 2.25. The third-order valence-corrected chi connectivity index (χ3v) is 3.09. The van der Waals surface area contributed by atoms with Crippen LogP contribution in [0.15, 0.2) is 42.6 Å². The normalized spacial score (nSPS) is 11.1. The van der Waals surface area contributed by atoms with Gasteiger partial charge in [-0.25, -0.2) is 0 Å². The molecule has 1 aromatic heterocycles. The second-order valence-electron chi connectivity index (χ2n) is 4.79. The zero-order valence-electron chi connectivity index (χ0n) is 10.9. The van der Waals surface area contributed by atoms with Gasteiger partial charge in [-0.1, -0.05) is 37.6 Å². The summed E-state index contributed by atoms with van der Waals surface area (Å²) in [5.41, 5.74) is 2.52. The second-order valence-corrected chi connectivity index (χ2v) is 5.23. The fourth-order valence-corrected chi connectivity index (χ4v) is 2.12. The van der Waals surface area contributed by atoms with Gasteiger partial charge in [0.1, 0.15) is 0 Å². The third kappa shape index (κ3) is 3.62. The van der Waals surface area contributed by atoms with E-state index in [-0.39, 0.29) is 0 Å². The van der Waals surface area contributed by atoms with Crippen molar-refractivity contribution in [3.05, 3.63) is 58.9 Å². The highest BCUT2D eigenvalue weighted by atomic mass is 35.5. The summed E-state index contributed by atoms with van der Waals surface area (Å²) in [6, 6.07) is 12.8. The van der Waals surface area contributed by atoms with Gasteiger partial charge in [-0.15, -0.1) is 0 Å². The standard InChI is InChI=1S/C15H19ClN2/c1-12(2)17-10-15-7-4-8-18(15)11-13-5-3-6-14(16)9-13/h3-9,12,17H,10-11H2,1-2H3. The Balaban J connectivity index is 2.07. The highest BCUT2D eigenvalue weighted by Crippen LogP contribution is 2.13. The molecule has 0 radical (unpaired) electrons. The van der Waals surface area contributed by atoms with Crippen molar-refractivity contribution in [2.75, 3.05) is 0 Å². The van der Waals surface area contributed by atoms with E-state index in [0.717, 1.165) is 18.1 Å². The molecule has 0 amide bonds. The molecule has 2 nitrogen and oxygen atoms in total. The number of rotatable bonds is 5. The molecular formula is C15H19ClN2. The lowest BCUT2D eigenvalue weighted by Crippen LogP contribution is -2.23. The molecule has 0 spiro atoms. The minimum Gasteiger partial charge on any atom is -0.346 e. The highest BCUT2D eigenvalue weighted by molar-refractivity contribution is 6.30. The summed E-state index contributed by atoms with van der Waals surface area (Å²) in [5.74, 6) is 0. The maximum absolute atomic E-state index is 6.01. The van der Waals surface area contributed by atoms with Crippen LogP contribution in [0.1, 0.15) is 25.1 Å². The summed E-state index contributed by atoms with van der Waals surface area (Å²) in [6.45, 7) is 6.07. The van der Waals surface area contributed by atoms with Crippen LogP contribution >= 0.6 is 11.6 Å². The van der Waals surface area contributed by atoms with E-state index in [1.54, 1.807) is 0 Å². The van der Waals surface area contributed by atoms with Crippen molar-refractivity contribution < 1.29 is 0 Å². The highest BCUT2D eigenvalue weighted by Gasteiger charge is 2.03. The summed E-state index contributed by atoms with van der Waals surface area (Å²) in [4.78, 5) is 0. The molecule has 1 N–H and O–H groups in total.